The third-order valence-corrected chi connectivity index (χ3v) is 5.02. The number of carbonyl (C=O) groups is 3. The molecule has 0 aromatic rings. The molecule has 0 bridgehead atoms. The standard InChI is InChI=1S/C23H44N2O6/c1-9-10-11-12-30-22(27)20(16-18(4)5)24(6)21(26)19(15-17(2)3)25(7)23(28)31-14-13-29-8/h17-20H,9-16H2,1-8H3. The predicted molar refractivity (Wildman–Crippen MR) is 121 cm³/mol. The number of hydrogen-bond acceptors (Lipinski definition) is 6. The SMILES string of the molecule is CCCCCOC(=O)C(CC(C)C)N(C)C(=O)C(CC(C)C)N(C)C(=O)OCCOC. The molecule has 2 atom stereocenters. The molecule has 0 N–H and O–H groups in total. The highest BCUT2D eigenvalue weighted by Crippen LogP contribution is 2.19. The smallest absolute Gasteiger partial charge is 0.410 e. The summed E-state index contributed by atoms with van der Waals surface area (Å²) in [6.45, 7) is 10.8. The van der Waals surface area contributed by atoms with Gasteiger partial charge >= 0.3 is 12.1 Å². The third-order valence-electron chi connectivity index (χ3n) is 5.02. The number of carbonyl (C=O) groups excluding carboxylic acids is 3. The minimum absolute atomic E-state index is 0.109. The molecule has 8 heteroatoms. The fourth-order valence-electron chi connectivity index (χ4n) is 3.18. The highest BCUT2D eigenvalue weighted by molar-refractivity contribution is 5.89. The van der Waals surface area contributed by atoms with Gasteiger partial charge in [0.1, 0.15) is 18.7 Å². The number of ether oxygens (including phenoxy) is 3. The number of nitrogens with zero attached hydrogens (tertiary/aromatic N) is 2. The molecule has 0 aliphatic carbocycles. The van der Waals surface area contributed by atoms with Gasteiger partial charge < -0.3 is 19.1 Å². The molecule has 0 spiro atoms. The molecule has 0 aliphatic rings. The van der Waals surface area contributed by atoms with Gasteiger partial charge in [0.05, 0.1) is 13.2 Å². The molecular formula is C23H44N2O6. The number of hydrogen-bond donors (Lipinski definition) is 0. The van der Waals surface area contributed by atoms with E-state index < -0.39 is 24.1 Å². The lowest BCUT2D eigenvalue weighted by atomic mass is 9.98. The number of likely N-dealkylation sites (N-methyl/N-ethyl adjacent to an activating group) is 2. The van der Waals surface area contributed by atoms with Crippen LogP contribution in [0.25, 0.3) is 0 Å². The molecule has 2 amide bonds. The molecule has 2 unspecified atom stereocenters. The molecule has 8 nitrogen and oxygen atoms in total. The van der Waals surface area contributed by atoms with Gasteiger partial charge in [-0.2, -0.15) is 0 Å². The van der Waals surface area contributed by atoms with Gasteiger partial charge in [0.15, 0.2) is 0 Å². The zero-order chi connectivity index (χ0) is 24.0. The molecule has 0 saturated heterocycles. The Balaban J connectivity index is 5.43. The second-order valence-corrected chi connectivity index (χ2v) is 8.83. The van der Waals surface area contributed by atoms with Gasteiger partial charge in [0.25, 0.3) is 0 Å². The summed E-state index contributed by atoms with van der Waals surface area (Å²) >= 11 is 0. The van der Waals surface area contributed by atoms with Crippen molar-refractivity contribution in [3.8, 4) is 0 Å². The molecular weight excluding hydrogens is 400 g/mol. The van der Waals surface area contributed by atoms with Crippen LogP contribution in [0.3, 0.4) is 0 Å². The first kappa shape index (κ1) is 29.2. The van der Waals surface area contributed by atoms with E-state index in [9.17, 15) is 14.4 Å². The molecule has 0 rings (SSSR count). The maximum Gasteiger partial charge on any atom is 0.410 e. The molecule has 0 saturated carbocycles. The fourth-order valence-corrected chi connectivity index (χ4v) is 3.18. The molecule has 0 aromatic heterocycles. The summed E-state index contributed by atoms with van der Waals surface area (Å²) in [5, 5.41) is 0. The van der Waals surface area contributed by atoms with Crippen LogP contribution in [0.4, 0.5) is 4.79 Å². The van der Waals surface area contributed by atoms with Crippen LogP contribution in [0.2, 0.25) is 0 Å². The van der Waals surface area contributed by atoms with Crippen molar-refractivity contribution in [3.05, 3.63) is 0 Å². The molecule has 0 radical (unpaired) electrons. The van der Waals surface area contributed by atoms with Crippen molar-refractivity contribution < 1.29 is 28.6 Å². The average molecular weight is 445 g/mol. The number of methoxy groups -OCH3 is 1. The molecule has 0 fully saturated rings. The van der Waals surface area contributed by atoms with E-state index in [4.69, 9.17) is 14.2 Å². The maximum atomic E-state index is 13.4. The maximum absolute atomic E-state index is 13.4. The van der Waals surface area contributed by atoms with Gasteiger partial charge in [-0.3, -0.25) is 9.69 Å². The van der Waals surface area contributed by atoms with Crippen LogP contribution in [0.1, 0.15) is 66.7 Å². The van der Waals surface area contributed by atoms with E-state index >= 15 is 0 Å². The van der Waals surface area contributed by atoms with E-state index in [1.165, 1.54) is 16.9 Å². The number of esters is 1. The van der Waals surface area contributed by atoms with Gasteiger partial charge in [0, 0.05) is 21.2 Å². The van der Waals surface area contributed by atoms with Crippen molar-refractivity contribution in [2.45, 2.75) is 78.8 Å². The average Bonchev–Trinajstić information content (AvgIpc) is 2.71. The van der Waals surface area contributed by atoms with Crippen molar-refractivity contribution in [1.82, 2.24) is 9.80 Å². The van der Waals surface area contributed by atoms with Crippen molar-refractivity contribution in [3.63, 3.8) is 0 Å². The summed E-state index contributed by atoms with van der Waals surface area (Å²) in [4.78, 5) is 41.4. The van der Waals surface area contributed by atoms with E-state index in [2.05, 4.69) is 6.92 Å². The van der Waals surface area contributed by atoms with Gasteiger partial charge in [-0.15, -0.1) is 0 Å². The lowest BCUT2D eigenvalue weighted by molar-refractivity contribution is -0.156. The Morgan fingerprint density at radius 1 is 0.774 bits per heavy atom. The van der Waals surface area contributed by atoms with Crippen LogP contribution in [0.5, 0.6) is 0 Å². The summed E-state index contributed by atoms with van der Waals surface area (Å²) in [5.74, 6) is -0.324. The van der Waals surface area contributed by atoms with E-state index in [1.54, 1.807) is 14.1 Å². The molecule has 0 aromatic carbocycles. The molecule has 31 heavy (non-hydrogen) atoms. The topological polar surface area (TPSA) is 85.4 Å². The summed E-state index contributed by atoms with van der Waals surface area (Å²) < 4.78 is 15.5. The molecule has 0 heterocycles. The minimum Gasteiger partial charge on any atom is -0.464 e. The number of unbranched alkanes of at least 4 members (excludes halogenated alkanes) is 2. The van der Waals surface area contributed by atoms with Crippen LogP contribution in [-0.4, -0.2) is 80.9 Å². The van der Waals surface area contributed by atoms with E-state index in [0.29, 0.717) is 19.4 Å². The lowest BCUT2D eigenvalue weighted by Crippen LogP contribution is -2.54. The van der Waals surface area contributed by atoms with Crippen molar-refractivity contribution >= 4 is 18.0 Å². The first-order chi connectivity index (χ1) is 14.6. The predicted octanol–water partition coefficient (Wildman–Crippen LogP) is 3.72. The van der Waals surface area contributed by atoms with E-state index in [0.717, 1.165) is 19.3 Å². The van der Waals surface area contributed by atoms with Crippen molar-refractivity contribution in [2.24, 2.45) is 11.8 Å². The van der Waals surface area contributed by atoms with Crippen LogP contribution < -0.4 is 0 Å². The Bertz CT molecular complexity index is 538. The second kappa shape index (κ2) is 15.9. The van der Waals surface area contributed by atoms with Gasteiger partial charge in [-0.25, -0.2) is 9.59 Å². The fraction of sp³-hybridized carbons (Fsp3) is 0.870. The van der Waals surface area contributed by atoms with Crippen LogP contribution >= 0.6 is 0 Å². The first-order valence-corrected chi connectivity index (χ1v) is 11.4. The zero-order valence-electron chi connectivity index (χ0n) is 20.8. The van der Waals surface area contributed by atoms with Crippen LogP contribution in [0, 0.1) is 11.8 Å². The minimum atomic E-state index is -0.734. The van der Waals surface area contributed by atoms with Crippen molar-refractivity contribution in [1.29, 1.82) is 0 Å². The summed E-state index contributed by atoms with van der Waals surface area (Å²) in [5.41, 5.74) is 0. The Kier molecular flexibility index (Phi) is 15.0. The second-order valence-electron chi connectivity index (χ2n) is 8.83. The van der Waals surface area contributed by atoms with Crippen LogP contribution in [0.15, 0.2) is 0 Å². The summed E-state index contributed by atoms with van der Waals surface area (Å²) in [6, 6.07) is -1.43. The quantitative estimate of drug-likeness (QED) is 0.283. The first-order valence-electron chi connectivity index (χ1n) is 11.4. The Morgan fingerprint density at radius 2 is 1.35 bits per heavy atom. The highest BCUT2D eigenvalue weighted by atomic mass is 16.6. The Morgan fingerprint density at radius 3 is 1.87 bits per heavy atom. The van der Waals surface area contributed by atoms with E-state index in [1.807, 2.05) is 27.7 Å². The normalized spacial score (nSPS) is 13.1. The van der Waals surface area contributed by atoms with Crippen molar-refractivity contribution in [2.75, 3.05) is 41.0 Å². The Labute approximate surface area is 188 Å². The van der Waals surface area contributed by atoms with Gasteiger partial charge in [0.2, 0.25) is 5.91 Å². The van der Waals surface area contributed by atoms with Crippen LogP contribution in [-0.2, 0) is 23.8 Å². The molecule has 0 aliphatic heterocycles. The summed E-state index contributed by atoms with van der Waals surface area (Å²) in [6.07, 6.45) is 3.19. The third kappa shape index (κ3) is 11.4. The highest BCUT2D eigenvalue weighted by Gasteiger charge is 2.36. The number of rotatable bonds is 15. The van der Waals surface area contributed by atoms with Gasteiger partial charge in [-0.1, -0.05) is 47.5 Å². The molecule has 182 valence electrons. The zero-order valence-corrected chi connectivity index (χ0v) is 20.8. The van der Waals surface area contributed by atoms with E-state index in [-0.39, 0.29) is 31.0 Å². The largest absolute Gasteiger partial charge is 0.464 e. The lowest BCUT2D eigenvalue weighted by Gasteiger charge is -2.34. The number of amides is 2. The van der Waals surface area contributed by atoms with Gasteiger partial charge in [-0.05, 0) is 31.1 Å². The Hall–Kier alpha value is -1.83. The summed E-state index contributed by atoms with van der Waals surface area (Å²) in [7, 11) is 4.68. The monoisotopic (exact) mass is 444 g/mol.